The smallest absolute Gasteiger partial charge is 0.317 e. The summed E-state index contributed by atoms with van der Waals surface area (Å²) in [5, 5.41) is 12.4. The maximum atomic E-state index is 12.8. The molecule has 120 valence electrons. The van der Waals surface area contributed by atoms with Gasteiger partial charge in [0.1, 0.15) is 5.41 Å². The van der Waals surface area contributed by atoms with E-state index in [0.29, 0.717) is 25.9 Å². The quantitative estimate of drug-likeness (QED) is 0.839. The molecule has 0 aromatic rings. The van der Waals surface area contributed by atoms with Crippen molar-refractivity contribution in [1.29, 1.82) is 5.26 Å². The Bertz CT molecular complexity index is 485. The molecule has 0 unspecified atom stereocenters. The Kier molecular flexibility index (Phi) is 4.23. The normalized spacial score (nSPS) is 25.7. The Morgan fingerprint density at radius 3 is 2.41 bits per heavy atom. The third-order valence-electron chi connectivity index (χ3n) is 5.41. The zero-order chi connectivity index (χ0) is 15.6. The molecule has 0 radical (unpaired) electrons. The Labute approximate surface area is 131 Å². The van der Waals surface area contributed by atoms with Gasteiger partial charge < -0.3 is 15.1 Å². The molecule has 0 bridgehead atoms. The second-order valence-corrected chi connectivity index (χ2v) is 6.70. The average Bonchev–Trinajstić information content (AvgIpc) is 3.01. The number of carbonyl (C=O) groups is 2. The molecule has 3 rings (SSSR count). The van der Waals surface area contributed by atoms with E-state index in [4.69, 9.17) is 0 Å². The van der Waals surface area contributed by atoms with Gasteiger partial charge in [0.15, 0.2) is 0 Å². The van der Waals surface area contributed by atoms with Crippen molar-refractivity contribution < 1.29 is 9.59 Å². The summed E-state index contributed by atoms with van der Waals surface area (Å²) in [4.78, 5) is 28.3. The molecule has 3 fully saturated rings. The molecule has 1 N–H and O–H groups in total. The number of carbonyl (C=O) groups excluding carboxylic acids is 2. The van der Waals surface area contributed by atoms with Crippen LogP contribution >= 0.6 is 0 Å². The fourth-order valence-electron chi connectivity index (χ4n) is 4.05. The summed E-state index contributed by atoms with van der Waals surface area (Å²) >= 11 is 0. The minimum absolute atomic E-state index is 0.0190. The second kappa shape index (κ2) is 6.15. The number of urea groups is 1. The summed E-state index contributed by atoms with van der Waals surface area (Å²) in [7, 11) is 0. The molecule has 2 aliphatic heterocycles. The molecule has 2 saturated heterocycles. The zero-order valence-corrected chi connectivity index (χ0v) is 13.0. The van der Waals surface area contributed by atoms with Crippen LogP contribution in [0.2, 0.25) is 0 Å². The van der Waals surface area contributed by atoms with E-state index in [0.717, 1.165) is 45.2 Å². The number of nitriles is 1. The molecule has 0 spiro atoms. The highest BCUT2D eigenvalue weighted by atomic mass is 16.2. The van der Waals surface area contributed by atoms with E-state index < -0.39 is 5.41 Å². The predicted molar refractivity (Wildman–Crippen MR) is 80.8 cm³/mol. The number of hydrogen-bond acceptors (Lipinski definition) is 3. The fraction of sp³-hybridized carbons (Fsp3) is 0.812. The average molecular weight is 304 g/mol. The summed E-state index contributed by atoms with van der Waals surface area (Å²) in [5.41, 5.74) is -0.782. The lowest BCUT2D eigenvalue weighted by Gasteiger charge is -2.40. The number of nitrogens with zero attached hydrogens (tertiary/aromatic N) is 3. The number of rotatable bonds is 2. The Morgan fingerprint density at radius 1 is 1.18 bits per heavy atom. The van der Waals surface area contributed by atoms with E-state index >= 15 is 0 Å². The zero-order valence-electron chi connectivity index (χ0n) is 13.0. The first kappa shape index (κ1) is 15.1. The van der Waals surface area contributed by atoms with Gasteiger partial charge in [-0.05, 0) is 25.7 Å². The number of nitrogens with one attached hydrogen (secondary N) is 1. The summed E-state index contributed by atoms with van der Waals surface area (Å²) in [6.07, 6.45) is 6.13. The standard InChI is InChI=1S/C16H24N4O2/c17-12-16(6-2-1-3-7-16)14(21)19-9-4-13(5-10-19)20-11-8-18-15(20)22/h13H,1-11H2,(H,18,22). The highest BCUT2D eigenvalue weighted by Crippen LogP contribution is 2.38. The third kappa shape index (κ3) is 2.65. The molecule has 3 amide bonds. The van der Waals surface area contributed by atoms with Gasteiger partial charge in [0.25, 0.3) is 0 Å². The van der Waals surface area contributed by atoms with Crippen molar-refractivity contribution in [3.8, 4) is 6.07 Å². The number of hydrogen-bond donors (Lipinski definition) is 1. The van der Waals surface area contributed by atoms with Crippen LogP contribution in [0, 0.1) is 16.7 Å². The maximum Gasteiger partial charge on any atom is 0.317 e. The van der Waals surface area contributed by atoms with Crippen molar-refractivity contribution in [2.45, 2.75) is 51.0 Å². The van der Waals surface area contributed by atoms with Crippen LogP contribution < -0.4 is 5.32 Å². The van der Waals surface area contributed by atoms with E-state index in [1.165, 1.54) is 0 Å². The molecule has 6 nitrogen and oxygen atoms in total. The van der Waals surface area contributed by atoms with Gasteiger partial charge in [0.05, 0.1) is 6.07 Å². The van der Waals surface area contributed by atoms with Crippen molar-refractivity contribution in [3.05, 3.63) is 0 Å². The largest absolute Gasteiger partial charge is 0.341 e. The molecule has 3 aliphatic rings. The Hall–Kier alpha value is -1.77. The molecule has 0 atom stereocenters. The monoisotopic (exact) mass is 304 g/mol. The minimum atomic E-state index is -0.782. The van der Waals surface area contributed by atoms with E-state index in [-0.39, 0.29) is 18.0 Å². The van der Waals surface area contributed by atoms with Crippen molar-refractivity contribution in [1.82, 2.24) is 15.1 Å². The van der Waals surface area contributed by atoms with Crippen LogP contribution in [0.5, 0.6) is 0 Å². The first-order valence-electron chi connectivity index (χ1n) is 8.41. The van der Waals surface area contributed by atoms with Gasteiger partial charge in [0, 0.05) is 32.2 Å². The lowest BCUT2D eigenvalue weighted by Crippen LogP contribution is -2.51. The summed E-state index contributed by atoms with van der Waals surface area (Å²) in [6.45, 7) is 2.81. The lowest BCUT2D eigenvalue weighted by atomic mass is 9.74. The highest BCUT2D eigenvalue weighted by Gasteiger charge is 2.43. The first-order valence-corrected chi connectivity index (χ1v) is 8.41. The summed E-state index contributed by atoms with van der Waals surface area (Å²) in [5.74, 6) is 0.0269. The molecular formula is C16H24N4O2. The number of amides is 3. The number of likely N-dealkylation sites (tertiary alicyclic amines) is 1. The van der Waals surface area contributed by atoms with E-state index in [1.54, 1.807) is 0 Å². The first-order chi connectivity index (χ1) is 10.7. The maximum absolute atomic E-state index is 12.8. The van der Waals surface area contributed by atoms with Crippen LogP contribution in [0.3, 0.4) is 0 Å². The van der Waals surface area contributed by atoms with Gasteiger partial charge in [-0.2, -0.15) is 5.26 Å². The predicted octanol–water partition coefficient (Wildman–Crippen LogP) is 1.48. The van der Waals surface area contributed by atoms with Crippen molar-refractivity contribution >= 4 is 11.9 Å². The molecule has 0 aromatic carbocycles. The van der Waals surface area contributed by atoms with Crippen LogP contribution in [-0.4, -0.2) is 54.0 Å². The van der Waals surface area contributed by atoms with Gasteiger partial charge in [0.2, 0.25) is 5.91 Å². The van der Waals surface area contributed by atoms with Gasteiger partial charge in [-0.15, -0.1) is 0 Å². The molecular weight excluding hydrogens is 280 g/mol. The van der Waals surface area contributed by atoms with Crippen molar-refractivity contribution in [2.75, 3.05) is 26.2 Å². The van der Waals surface area contributed by atoms with Gasteiger partial charge in [-0.1, -0.05) is 19.3 Å². The SMILES string of the molecule is N#CC1(C(=O)N2CCC(N3CCNC3=O)CC2)CCCCC1. The molecule has 1 saturated carbocycles. The highest BCUT2D eigenvalue weighted by molar-refractivity contribution is 5.85. The van der Waals surface area contributed by atoms with Crippen molar-refractivity contribution in [2.24, 2.45) is 5.41 Å². The summed E-state index contributed by atoms with van der Waals surface area (Å²) in [6, 6.07) is 2.57. The van der Waals surface area contributed by atoms with Gasteiger partial charge in [-0.3, -0.25) is 4.79 Å². The Morgan fingerprint density at radius 2 is 1.86 bits per heavy atom. The van der Waals surface area contributed by atoms with Gasteiger partial charge in [-0.25, -0.2) is 4.79 Å². The third-order valence-corrected chi connectivity index (χ3v) is 5.41. The van der Waals surface area contributed by atoms with Crippen molar-refractivity contribution in [3.63, 3.8) is 0 Å². The van der Waals surface area contributed by atoms with E-state index in [1.807, 2.05) is 9.80 Å². The van der Waals surface area contributed by atoms with E-state index in [9.17, 15) is 14.9 Å². The fourth-order valence-corrected chi connectivity index (χ4v) is 4.05. The minimum Gasteiger partial charge on any atom is -0.341 e. The Balaban J connectivity index is 1.60. The molecule has 2 heterocycles. The van der Waals surface area contributed by atoms with E-state index in [2.05, 4.69) is 11.4 Å². The topological polar surface area (TPSA) is 76.4 Å². The second-order valence-electron chi connectivity index (χ2n) is 6.70. The van der Waals surface area contributed by atoms with Crippen LogP contribution in [0.15, 0.2) is 0 Å². The number of piperidine rings is 1. The van der Waals surface area contributed by atoms with Gasteiger partial charge >= 0.3 is 6.03 Å². The molecule has 6 heteroatoms. The molecule has 22 heavy (non-hydrogen) atoms. The lowest BCUT2D eigenvalue weighted by molar-refractivity contribution is -0.142. The van der Waals surface area contributed by atoms with Crippen LogP contribution in [-0.2, 0) is 4.79 Å². The van der Waals surface area contributed by atoms with Crippen LogP contribution in [0.4, 0.5) is 4.79 Å². The molecule has 1 aliphatic carbocycles. The van der Waals surface area contributed by atoms with Crippen LogP contribution in [0.1, 0.15) is 44.9 Å². The van der Waals surface area contributed by atoms with Crippen LogP contribution in [0.25, 0.3) is 0 Å². The summed E-state index contributed by atoms with van der Waals surface area (Å²) < 4.78 is 0. The molecule has 0 aromatic heterocycles.